The van der Waals surface area contributed by atoms with E-state index in [-0.39, 0.29) is 17.2 Å². The van der Waals surface area contributed by atoms with E-state index in [0.717, 1.165) is 19.3 Å². The number of hydrogen-bond acceptors (Lipinski definition) is 4. The Morgan fingerprint density at radius 3 is 2.33 bits per heavy atom. The maximum absolute atomic E-state index is 12.2. The summed E-state index contributed by atoms with van der Waals surface area (Å²) >= 11 is 0. The van der Waals surface area contributed by atoms with Gasteiger partial charge >= 0.3 is 0 Å². The second-order valence-electron chi connectivity index (χ2n) is 6.56. The van der Waals surface area contributed by atoms with Gasteiger partial charge in [0.2, 0.25) is 15.9 Å². The minimum absolute atomic E-state index is 0.0304. The molecule has 0 radical (unpaired) electrons. The maximum Gasteiger partial charge on any atom is 0.240 e. The molecule has 2 rings (SSSR count). The van der Waals surface area contributed by atoms with Crippen molar-refractivity contribution in [1.29, 1.82) is 0 Å². The van der Waals surface area contributed by atoms with Gasteiger partial charge in [-0.25, -0.2) is 12.7 Å². The molecule has 2 fully saturated rings. The molecule has 6 nitrogen and oxygen atoms in total. The lowest BCUT2D eigenvalue weighted by molar-refractivity contribution is -0.127. The Morgan fingerprint density at radius 1 is 1.29 bits per heavy atom. The second-order valence-corrected chi connectivity index (χ2v) is 8.77. The van der Waals surface area contributed by atoms with Crippen LogP contribution in [0, 0.1) is 0 Å². The van der Waals surface area contributed by atoms with E-state index in [1.807, 2.05) is 6.92 Å². The minimum Gasteiger partial charge on any atom is -0.352 e. The third-order valence-electron chi connectivity index (χ3n) is 4.38. The third-order valence-corrected chi connectivity index (χ3v) is 6.78. The number of carbonyl (C=O) groups is 1. The summed E-state index contributed by atoms with van der Waals surface area (Å²) in [5, 5.41) is 2.82. The van der Waals surface area contributed by atoms with Crippen LogP contribution in [0.3, 0.4) is 0 Å². The molecule has 1 amide bonds. The molecule has 0 aromatic heterocycles. The Balaban J connectivity index is 1.83. The van der Waals surface area contributed by atoms with Crippen LogP contribution < -0.4 is 11.1 Å². The molecule has 0 spiro atoms. The highest BCUT2D eigenvalue weighted by atomic mass is 32.2. The first kappa shape index (κ1) is 16.7. The van der Waals surface area contributed by atoms with Crippen LogP contribution in [0.4, 0.5) is 0 Å². The molecule has 2 aliphatic rings. The Morgan fingerprint density at radius 2 is 1.86 bits per heavy atom. The number of hydrogen-bond donors (Lipinski definition) is 2. The average Bonchev–Trinajstić information content (AvgIpc) is 3.23. The number of amides is 1. The lowest BCUT2D eigenvalue weighted by atomic mass is 9.95. The summed E-state index contributed by atoms with van der Waals surface area (Å²) in [5.74, 6) is -0.132. The number of carbonyl (C=O) groups excluding carboxylic acids is 1. The summed E-state index contributed by atoms with van der Waals surface area (Å²) in [6.07, 6.45) is 4.43. The van der Waals surface area contributed by atoms with E-state index in [1.165, 1.54) is 0 Å². The van der Waals surface area contributed by atoms with E-state index in [9.17, 15) is 13.2 Å². The van der Waals surface area contributed by atoms with Gasteiger partial charge in [0.05, 0.1) is 10.8 Å². The zero-order chi connectivity index (χ0) is 15.7. The third kappa shape index (κ3) is 3.96. The van der Waals surface area contributed by atoms with Gasteiger partial charge in [0.25, 0.3) is 0 Å². The van der Waals surface area contributed by atoms with Crippen molar-refractivity contribution >= 4 is 15.9 Å². The van der Waals surface area contributed by atoms with Gasteiger partial charge < -0.3 is 11.1 Å². The van der Waals surface area contributed by atoms with Crippen LogP contribution in [-0.2, 0) is 14.8 Å². The molecule has 7 heteroatoms. The van der Waals surface area contributed by atoms with Crippen molar-refractivity contribution in [2.75, 3.05) is 13.1 Å². The van der Waals surface area contributed by atoms with Crippen molar-refractivity contribution in [3.63, 3.8) is 0 Å². The van der Waals surface area contributed by atoms with Crippen LogP contribution in [0.5, 0.6) is 0 Å². The lowest BCUT2D eigenvalue weighted by Gasteiger charge is -2.33. The monoisotopic (exact) mass is 317 g/mol. The van der Waals surface area contributed by atoms with Gasteiger partial charge in [0.1, 0.15) is 0 Å². The largest absolute Gasteiger partial charge is 0.352 e. The fraction of sp³-hybridized carbons (Fsp3) is 0.929. The van der Waals surface area contributed by atoms with Crippen LogP contribution >= 0.6 is 0 Å². The highest BCUT2D eigenvalue weighted by molar-refractivity contribution is 7.90. The van der Waals surface area contributed by atoms with Crippen molar-refractivity contribution in [3.8, 4) is 0 Å². The summed E-state index contributed by atoms with van der Waals surface area (Å²) in [4.78, 5) is 12.2. The van der Waals surface area contributed by atoms with Gasteiger partial charge in [-0.3, -0.25) is 4.79 Å². The second kappa shape index (κ2) is 6.22. The predicted octanol–water partition coefficient (Wildman–Crippen LogP) is 0.577. The Labute approximate surface area is 127 Å². The van der Waals surface area contributed by atoms with Gasteiger partial charge in [-0.05, 0) is 39.0 Å². The molecule has 1 heterocycles. The summed E-state index contributed by atoms with van der Waals surface area (Å²) in [6, 6.07) is 0.0304. The molecule has 1 saturated carbocycles. The molecule has 0 aromatic rings. The summed E-state index contributed by atoms with van der Waals surface area (Å²) in [5.41, 5.74) is 5.17. The summed E-state index contributed by atoms with van der Waals surface area (Å²) < 4.78 is 25.9. The SMILES string of the molecule is CCCC(C)(N)C(=O)NC1CCN(S(=O)(=O)C2CC2)CC1. The van der Waals surface area contributed by atoms with Crippen molar-refractivity contribution < 1.29 is 13.2 Å². The first-order valence-electron chi connectivity index (χ1n) is 7.86. The smallest absolute Gasteiger partial charge is 0.240 e. The molecule has 1 aliphatic carbocycles. The highest BCUT2D eigenvalue weighted by Crippen LogP contribution is 2.32. The molecule has 3 N–H and O–H groups in total. The van der Waals surface area contributed by atoms with Crippen LogP contribution in [0.15, 0.2) is 0 Å². The number of nitrogens with one attached hydrogen (secondary N) is 1. The maximum atomic E-state index is 12.2. The lowest BCUT2D eigenvalue weighted by Crippen LogP contribution is -2.56. The molecule has 1 unspecified atom stereocenters. The Bertz CT molecular complexity index is 478. The zero-order valence-corrected chi connectivity index (χ0v) is 13.8. The van der Waals surface area contributed by atoms with Crippen LogP contribution in [0.2, 0.25) is 0 Å². The van der Waals surface area contributed by atoms with E-state index in [0.29, 0.717) is 32.4 Å². The van der Waals surface area contributed by atoms with Crippen LogP contribution in [-0.4, -0.2) is 48.6 Å². The summed E-state index contributed by atoms with van der Waals surface area (Å²) in [7, 11) is -3.08. The van der Waals surface area contributed by atoms with Crippen molar-refractivity contribution in [2.45, 2.75) is 69.2 Å². The molecule has 1 atom stereocenters. The number of nitrogens with two attached hydrogens (primary N) is 1. The molecular formula is C14H27N3O3S. The average molecular weight is 317 g/mol. The molecule has 0 bridgehead atoms. The zero-order valence-electron chi connectivity index (χ0n) is 13.0. The predicted molar refractivity (Wildman–Crippen MR) is 82.2 cm³/mol. The molecular weight excluding hydrogens is 290 g/mol. The normalized spacial score (nSPS) is 24.5. The molecule has 122 valence electrons. The highest BCUT2D eigenvalue weighted by Gasteiger charge is 2.41. The molecule has 21 heavy (non-hydrogen) atoms. The van der Waals surface area contributed by atoms with Gasteiger partial charge in [-0.1, -0.05) is 13.3 Å². The van der Waals surface area contributed by atoms with Crippen molar-refractivity contribution in [3.05, 3.63) is 0 Å². The topological polar surface area (TPSA) is 92.5 Å². The number of nitrogens with zero attached hydrogens (tertiary/aromatic N) is 1. The standard InChI is InChI=1S/C14H27N3O3S/c1-3-8-14(2,15)13(18)16-11-6-9-17(10-7-11)21(19,20)12-4-5-12/h11-12H,3-10,15H2,1-2H3,(H,16,18). The van der Waals surface area contributed by atoms with Gasteiger partial charge in [-0.15, -0.1) is 0 Å². The van der Waals surface area contributed by atoms with E-state index >= 15 is 0 Å². The van der Waals surface area contributed by atoms with Crippen LogP contribution in [0.25, 0.3) is 0 Å². The quantitative estimate of drug-likeness (QED) is 0.749. The number of rotatable bonds is 6. The first-order valence-corrected chi connectivity index (χ1v) is 9.36. The van der Waals surface area contributed by atoms with Gasteiger partial charge in [-0.2, -0.15) is 0 Å². The van der Waals surface area contributed by atoms with Crippen LogP contribution in [0.1, 0.15) is 52.4 Å². The molecule has 0 aromatic carbocycles. The van der Waals surface area contributed by atoms with Crippen molar-refractivity contribution in [1.82, 2.24) is 9.62 Å². The minimum atomic E-state index is -3.08. The molecule has 1 saturated heterocycles. The van der Waals surface area contributed by atoms with Crippen molar-refractivity contribution in [2.24, 2.45) is 5.73 Å². The van der Waals surface area contributed by atoms with E-state index in [2.05, 4.69) is 5.32 Å². The van der Waals surface area contributed by atoms with E-state index < -0.39 is 15.6 Å². The van der Waals surface area contributed by atoms with E-state index in [1.54, 1.807) is 11.2 Å². The number of piperidine rings is 1. The Hall–Kier alpha value is -0.660. The Kier molecular flexibility index (Phi) is 4.95. The van der Waals surface area contributed by atoms with Gasteiger partial charge in [0.15, 0.2) is 0 Å². The van der Waals surface area contributed by atoms with E-state index in [4.69, 9.17) is 5.73 Å². The first-order chi connectivity index (χ1) is 9.77. The fourth-order valence-electron chi connectivity index (χ4n) is 2.81. The fourth-order valence-corrected chi connectivity index (χ4v) is 4.69. The number of sulfonamides is 1. The molecule has 1 aliphatic heterocycles. The van der Waals surface area contributed by atoms with Gasteiger partial charge in [0, 0.05) is 19.1 Å². The summed E-state index contributed by atoms with van der Waals surface area (Å²) in [6.45, 7) is 4.75.